The molecule has 0 spiro atoms. The Morgan fingerprint density at radius 1 is 1.33 bits per heavy atom. The third-order valence-electron chi connectivity index (χ3n) is 2.49. The van der Waals surface area contributed by atoms with Crippen LogP contribution in [0.3, 0.4) is 0 Å². The summed E-state index contributed by atoms with van der Waals surface area (Å²) < 4.78 is 25.9. The molecule has 0 atom stereocenters. The van der Waals surface area contributed by atoms with Gasteiger partial charge in [-0.15, -0.1) is 10.2 Å². The minimum atomic E-state index is -3.55. The van der Waals surface area contributed by atoms with Gasteiger partial charge in [0.15, 0.2) is 0 Å². The number of hydrogen-bond acceptors (Lipinski definition) is 7. The van der Waals surface area contributed by atoms with E-state index in [4.69, 9.17) is 5.73 Å². The highest BCUT2D eigenvalue weighted by Crippen LogP contribution is 2.16. The maximum atomic E-state index is 11.8. The highest BCUT2D eigenvalue weighted by Gasteiger charge is 2.18. The average molecular weight is 293 g/mol. The number of aromatic nitrogens is 2. The molecule has 1 aromatic rings. The molecule has 0 aliphatic carbocycles. The summed E-state index contributed by atoms with van der Waals surface area (Å²) in [6.07, 6.45) is 0.759. The summed E-state index contributed by atoms with van der Waals surface area (Å²) in [5.74, 6) is 0. The molecule has 0 aromatic carbocycles. The number of nitrogens with two attached hydrogens (primary N) is 1. The quantitative estimate of drug-likeness (QED) is 0.661. The minimum absolute atomic E-state index is 0.0807. The fourth-order valence-electron chi connectivity index (χ4n) is 1.44. The predicted octanol–water partition coefficient (Wildman–Crippen LogP) is 0.131. The zero-order valence-corrected chi connectivity index (χ0v) is 12.2. The molecule has 0 amide bonds. The molecule has 1 rings (SSSR count). The van der Waals surface area contributed by atoms with Crippen LogP contribution in [0.5, 0.6) is 0 Å². The molecule has 1 heterocycles. The van der Waals surface area contributed by atoms with Crippen molar-refractivity contribution in [3.63, 3.8) is 0 Å². The molecular formula is C9H19N5O2S2. The molecule has 1 aromatic heterocycles. The Kier molecular flexibility index (Phi) is 5.93. The first-order chi connectivity index (χ1) is 8.49. The highest BCUT2D eigenvalue weighted by atomic mass is 32.2. The summed E-state index contributed by atoms with van der Waals surface area (Å²) in [4.78, 5) is 2.23. The van der Waals surface area contributed by atoms with Gasteiger partial charge < -0.3 is 10.6 Å². The van der Waals surface area contributed by atoms with Gasteiger partial charge in [0, 0.05) is 6.54 Å². The zero-order valence-electron chi connectivity index (χ0n) is 10.6. The fraction of sp³-hybridized carbons (Fsp3) is 0.778. The first kappa shape index (κ1) is 15.3. The van der Waals surface area contributed by atoms with E-state index in [1.807, 2.05) is 0 Å². The smallest absolute Gasteiger partial charge is 0.269 e. The van der Waals surface area contributed by atoms with Gasteiger partial charge in [0.1, 0.15) is 0 Å². The molecule has 3 N–H and O–H groups in total. The van der Waals surface area contributed by atoms with Crippen LogP contribution in [0.2, 0.25) is 0 Å². The van der Waals surface area contributed by atoms with Gasteiger partial charge in [-0.05, 0) is 26.1 Å². The Hall–Kier alpha value is -0.770. The predicted molar refractivity (Wildman–Crippen MR) is 71.9 cm³/mol. The monoisotopic (exact) mass is 293 g/mol. The molecule has 0 fully saturated rings. The highest BCUT2D eigenvalue weighted by molar-refractivity contribution is 7.91. The van der Waals surface area contributed by atoms with Crippen molar-refractivity contribution in [2.24, 2.45) is 0 Å². The Morgan fingerprint density at radius 2 is 2.00 bits per heavy atom. The van der Waals surface area contributed by atoms with Crippen LogP contribution in [-0.2, 0) is 10.0 Å². The van der Waals surface area contributed by atoms with Gasteiger partial charge in [-0.3, -0.25) is 0 Å². The summed E-state index contributed by atoms with van der Waals surface area (Å²) >= 11 is 0.863. The lowest BCUT2D eigenvalue weighted by Crippen LogP contribution is -2.30. The normalized spacial score (nSPS) is 12.2. The van der Waals surface area contributed by atoms with Gasteiger partial charge in [-0.25, -0.2) is 13.1 Å². The molecule has 0 saturated carbocycles. The van der Waals surface area contributed by atoms with Crippen LogP contribution in [0, 0.1) is 0 Å². The Balaban J connectivity index is 2.39. The largest absolute Gasteiger partial charge is 0.374 e. The minimum Gasteiger partial charge on any atom is -0.374 e. The topological polar surface area (TPSA) is 101 Å². The van der Waals surface area contributed by atoms with Crippen molar-refractivity contribution < 1.29 is 8.42 Å². The van der Waals surface area contributed by atoms with E-state index in [-0.39, 0.29) is 9.47 Å². The van der Waals surface area contributed by atoms with E-state index < -0.39 is 10.0 Å². The van der Waals surface area contributed by atoms with Crippen molar-refractivity contribution in [1.29, 1.82) is 0 Å². The van der Waals surface area contributed by atoms with Gasteiger partial charge in [0.05, 0.1) is 0 Å². The maximum Gasteiger partial charge on any atom is 0.269 e. The van der Waals surface area contributed by atoms with Crippen LogP contribution in [0.4, 0.5) is 5.13 Å². The first-order valence-corrected chi connectivity index (χ1v) is 8.10. The van der Waals surface area contributed by atoms with Crippen LogP contribution in [-0.4, -0.2) is 49.7 Å². The molecule has 0 radical (unpaired) electrons. The summed E-state index contributed by atoms with van der Waals surface area (Å²) in [6, 6.07) is 0. The maximum absolute atomic E-state index is 11.8. The van der Waals surface area contributed by atoms with Crippen molar-refractivity contribution in [2.75, 3.05) is 31.9 Å². The van der Waals surface area contributed by atoms with Gasteiger partial charge in [-0.1, -0.05) is 25.2 Å². The lowest BCUT2D eigenvalue weighted by molar-refractivity contribution is 0.300. The Labute approximate surface area is 111 Å². The van der Waals surface area contributed by atoms with E-state index in [9.17, 15) is 8.42 Å². The van der Waals surface area contributed by atoms with Gasteiger partial charge in [0.2, 0.25) is 9.47 Å². The third kappa shape index (κ3) is 4.48. The molecule has 7 nitrogen and oxygen atoms in total. The van der Waals surface area contributed by atoms with Crippen LogP contribution < -0.4 is 10.5 Å². The lowest BCUT2D eigenvalue weighted by atomic mass is 10.4. The summed E-state index contributed by atoms with van der Waals surface area (Å²) in [6.45, 7) is 7.35. The molecule has 0 saturated heterocycles. The molecule has 0 unspecified atom stereocenters. The van der Waals surface area contributed by atoms with E-state index in [0.717, 1.165) is 37.4 Å². The second-order valence-corrected chi connectivity index (χ2v) is 6.63. The standard InChI is InChI=1S/C9H19N5O2S2/c1-3-14(4-2)7-5-6-11-18(15,16)9-13-12-8(10)17-9/h11H,3-7H2,1-2H3,(H2,10,12). The van der Waals surface area contributed by atoms with E-state index in [0.29, 0.717) is 6.54 Å². The molecule has 0 aliphatic rings. The lowest BCUT2D eigenvalue weighted by Gasteiger charge is -2.17. The van der Waals surface area contributed by atoms with E-state index >= 15 is 0 Å². The number of anilines is 1. The third-order valence-corrected chi connectivity index (χ3v) is 5.07. The molecule has 18 heavy (non-hydrogen) atoms. The number of nitrogens with zero attached hydrogens (tertiary/aromatic N) is 3. The van der Waals surface area contributed by atoms with Gasteiger partial charge in [0.25, 0.3) is 10.0 Å². The molecule has 0 bridgehead atoms. The Bertz CT molecular complexity index is 455. The number of nitrogens with one attached hydrogen (secondary N) is 1. The molecular weight excluding hydrogens is 274 g/mol. The molecule has 104 valence electrons. The average Bonchev–Trinajstić information content (AvgIpc) is 2.77. The number of rotatable bonds is 8. The second-order valence-electron chi connectivity index (χ2n) is 3.68. The van der Waals surface area contributed by atoms with Crippen LogP contribution >= 0.6 is 11.3 Å². The Morgan fingerprint density at radius 3 is 2.50 bits per heavy atom. The molecule has 9 heteroatoms. The van der Waals surface area contributed by atoms with Crippen molar-refractivity contribution in [3.8, 4) is 0 Å². The van der Waals surface area contributed by atoms with Gasteiger partial charge in [-0.2, -0.15) is 0 Å². The van der Waals surface area contributed by atoms with Crippen molar-refractivity contribution in [1.82, 2.24) is 19.8 Å². The summed E-state index contributed by atoms with van der Waals surface area (Å²) in [7, 11) is -3.55. The van der Waals surface area contributed by atoms with E-state index in [1.54, 1.807) is 0 Å². The van der Waals surface area contributed by atoms with Crippen LogP contribution in [0.15, 0.2) is 4.34 Å². The van der Waals surface area contributed by atoms with Gasteiger partial charge >= 0.3 is 0 Å². The first-order valence-electron chi connectivity index (χ1n) is 5.80. The number of nitrogen functional groups attached to an aromatic ring is 1. The fourth-order valence-corrected chi connectivity index (χ4v) is 3.34. The summed E-state index contributed by atoms with van der Waals surface area (Å²) in [5, 5.41) is 7.15. The summed E-state index contributed by atoms with van der Waals surface area (Å²) in [5.41, 5.74) is 5.35. The number of sulfonamides is 1. The van der Waals surface area contributed by atoms with Crippen LogP contribution in [0.1, 0.15) is 20.3 Å². The van der Waals surface area contributed by atoms with Crippen molar-refractivity contribution >= 4 is 26.5 Å². The van der Waals surface area contributed by atoms with E-state index in [2.05, 4.69) is 33.7 Å². The van der Waals surface area contributed by atoms with E-state index in [1.165, 1.54) is 0 Å². The zero-order chi connectivity index (χ0) is 13.6. The van der Waals surface area contributed by atoms with Crippen molar-refractivity contribution in [3.05, 3.63) is 0 Å². The van der Waals surface area contributed by atoms with Crippen LogP contribution in [0.25, 0.3) is 0 Å². The number of hydrogen-bond donors (Lipinski definition) is 2. The second kappa shape index (κ2) is 6.98. The molecule has 0 aliphatic heterocycles. The van der Waals surface area contributed by atoms with Crippen molar-refractivity contribution in [2.45, 2.75) is 24.6 Å². The SMILES string of the molecule is CCN(CC)CCCNS(=O)(=O)c1nnc(N)s1.